The molecule has 0 heterocycles. The Morgan fingerprint density at radius 1 is 1.21 bits per heavy atom. The average molecular weight is 323 g/mol. The Hall–Kier alpha value is -3.08. The van der Waals surface area contributed by atoms with Crippen molar-refractivity contribution in [1.29, 1.82) is 0 Å². The molecule has 2 rings (SSSR count). The van der Waals surface area contributed by atoms with Gasteiger partial charge in [-0.3, -0.25) is 4.79 Å². The van der Waals surface area contributed by atoms with Crippen LogP contribution in [0.4, 0.5) is 5.69 Å². The Bertz CT molecular complexity index is 722. The van der Waals surface area contributed by atoms with Gasteiger partial charge >= 0.3 is 0 Å². The van der Waals surface area contributed by atoms with Gasteiger partial charge in [-0.15, -0.1) is 0 Å². The molecule has 5 nitrogen and oxygen atoms in total. The lowest BCUT2D eigenvalue weighted by molar-refractivity contribution is 0.0951. The number of nitrogens with zero attached hydrogens (tertiary/aromatic N) is 2. The lowest BCUT2D eigenvalue weighted by Crippen LogP contribution is -2.18. The number of ether oxygens (including phenoxy) is 1. The Morgan fingerprint density at radius 2 is 1.92 bits per heavy atom. The second-order valence-electron chi connectivity index (χ2n) is 5.28. The number of hydrogen-bond acceptors (Lipinski definition) is 4. The van der Waals surface area contributed by atoms with Crippen molar-refractivity contribution in [1.82, 2.24) is 5.43 Å². The highest BCUT2D eigenvalue weighted by Crippen LogP contribution is 2.17. The third-order valence-electron chi connectivity index (χ3n) is 3.28. The van der Waals surface area contributed by atoms with Crippen LogP contribution in [0.3, 0.4) is 0 Å². The molecule has 0 aromatic heterocycles. The molecule has 0 saturated carbocycles. The molecular formula is C19H21N3O2. The molecule has 0 aliphatic rings. The number of hydrazone groups is 1. The monoisotopic (exact) mass is 323 g/mol. The van der Waals surface area contributed by atoms with Crippen LogP contribution in [0, 0.1) is 0 Å². The minimum atomic E-state index is -0.323. The molecule has 2 aromatic carbocycles. The lowest BCUT2D eigenvalue weighted by atomic mass is 10.2. The van der Waals surface area contributed by atoms with Crippen LogP contribution in [0.15, 0.2) is 66.3 Å². The maximum Gasteiger partial charge on any atom is 0.275 e. The predicted octanol–water partition coefficient (Wildman–Crippen LogP) is 3.08. The molecule has 0 unspecified atom stereocenters. The van der Waals surface area contributed by atoms with Crippen LogP contribution in [0.5, 0.6) is 5.75 Å². The quantitative estimate of drug-likeness (QED) is 0.484. The van der Waals surface area contributed by atoms with E-state index in [4.69, 9.17) is 4.74 Å². The number of carbonyl (C=O) groups excluding carboxylic acids is 1. The van der Waals surface area contributed by atoms with E-state index in [1.807, 2.05) is 49.3 Å². The van der Waals surface area contributed by atoms with E-state index in [2.05, 4.69) is 17.1 Å². The van der Waals surface area contributed by atoms with E-state index in [1.54, 1.807) is 30.5 Å². The van der Waals surface area contributed by atoms with Gasteiger partial charge in [0.2, 0.25) is 0 Å². The Labute approximate surface area is 142 Å². The van der Waals surface area contributed by atoms with Crippen LogP contribution >= 0.6 is 0 Å². The van der Waals surface area contributed by atoms with Crippen molar-refractivity contribution in [3.63, 3.8) is 0 Å². The van der Waals surface area contributed by atoms with E-state index >= 15 is 0 Å². The van der Waals surface area contributed by atoms with Crippen molar-refractivity contribution >= 4 is 17.8 Å². The first-order chi connectivity index (χ1) is 11.6. The van der Waals surface area contributed by atoms with Crippen LogP contribution in [-0.4, -0.2) is 32.8 Å². The van der Waals surface area contributed by atoms with Crippen molar-refractivity contribution in [3.8, 4) is 5.75 Å². The fraction of sp³-hybridized carbons (Fsp3) is 0.158. The molecule has 24 heavy (non-hydrogen) atoms. The minimum Gasteiger partial charge on any atom is -0.489 e. The zero-order valence-electron chi connectivity index (χ0n) is 13.9. The van der Waals surface area contributed by atoms with Crippen LogP contribution in [0.25, 0.3) is 0 Å². The molecule has 2 aromatic rings. The maximum absolute atomic E-state index is 12.2. The summed E-state index contributed by atoms with van der Waals surface area (Å²) in [7, 11) is 3.96. The van der Waals surface area contributed by atoms with E-state index in [0.29, 0.717) is 17.9 Å². The summed E-state index contributed by atoms with van der Waals surface area (Å²) in [6, 6.07) is 14.9. The van der Waals surface area contributed by atoms with E-state index in [0.717, 1.165) is 11.3 Å². The third-order valence-corrected chi connectivity index (χ3v) is 3.28. The number of anilines is 1. The molecule has 0 atom stereocenters. The second-order valence-corrected chi connectivity index (χ2v) is 5.28. The summed E-state index contributed by atoms with van der Waals surface area (Å²) in [5.74, 6) is 0.177. The summed E-state index contributed by atoms with van der Waals surface area (Å²) < 4.78 is 5.47. The SMILES string of the molecule is C=CCOc1ccccc1C(=O)N/N=C/c1ccc(N(C)C)cc1. The molecule has 1 N–H and O–H groups in total. The summed E-state index contributed by atoms with van der Waals surface area (Å²) in [4.78, 5) is 14.2. The molecule has 0 radical (unpaired) electrons. The molecule has 0 bridgehead atoms. The minimum absolute atomic E-state index is 0.323. The average Bonchev–Trinajstić information content (AvgIpc) is 2.60. The largest absolute Gasteiger partial charge is 0.489 e. The number of amides is 1. The number of carbonyl (C=O) groups is 1. The van der Waals surface area contributed by atoms with Gasteiger partial charge in [-0.05, 0) is 29.8 Å². The van der Waals surface area contributed by atoms with Crippen molar-refractivity contribution in [3.05, 3.63) is 72.3 Å². The van der Waals surface area contributed by atoms with Gasteiger partial charge in [0.05, 0.1) is 11.8 Å². The van der Waals surface area contributed by atoms with Crippen LogP contribution in [0.1, 0.15) is 15.9 Å². The Kier molecular flexibility index (Phi) is 6.14. The van der Waals surface area contributed by atoms with E-state index < -0.39 is 0 Å². The molecule has 0 spiro atoms. The van der Waals surface area contributed by atoms with E-state index in [9.17, 15) is 4.79 Å². The highest BCUT2D eigenvalue weighted by molar-refractivity contribution is 5.97. The molecule has 1 amide bonds. The molecule has 0 aliphatic carbocycles. The van der Waals surface area contributed by atoms with Gasteiger partial charge in [0, 0.05) is 19.8 Å². The van der Waals surface area contributed by atoms with Crippen LogP contribution < -0.4 is 15.1 Å². The maximum atomic E-state index is 12.2. The molecule has 0 fully saturated rings. The van der Waals surface area contributed by atoms with Crippen molar-refractivity contribution in [2.45, 2.75) is 0 Å². The first kappa shape index (κ1) is 17.3. The zero-order valence-corrected chi connectivity index (χ0v) is 13.9. The van der Waals surface area contributed by atoms with Crippen LogP contribution in [-0.2, 0) is 0 Å². The zero-order chi connectivity index (χ0) is 17.4. The number of rotatable bonds is 7. The molecule has 0 aliphatic heterocycles. The van der Waals surface area contributed by atoms with Crippen molar-refractivity contribution in [2.75, 3.05) is 25.6 Å². The first-order valence-corrected chi connectivity index (χ1v) is 7.55. The molecular weight excluding hydrogens is 302 g/mol. The summed E-state index contributed by atoms with van der Waals surface area (Å²) in [6.45, 7) is 3.94. The second kappa shape index (κ2) is 8.53. The molecule has 124 valence electrons. The number of para-hydroxylation sites is 1. The normalized spacial score (nSPS) is 10.4. The number of nitrogens with one attached hydrogen (secondary N) is 1. The van der Waals surface area contributed by atoms with Crippen molar-refractivity contribution in [2.24, 2.45) is 5.10 Å². The van der Waals surface area contributed by atoms with Gasteiger partial charge in [0.25, 0.3) is 5.91 Å². The van der Waals surface area contributed by atoms with Gasteiger partial charge in [-0.1, -0.05) is 36.9 Å². The molecule has 5 heteroatoms. The standard InChI is InChI=1S/C19H21N3O2/c1-4-13-24-18-8-6-5-7-17(18)19(23)21-20-14-15-9-11-16(12-10-15)22(2)3/h4-12,14H,1,13H2,2-3H3,(H,21,23)/b20-14+. The van der Waals surface area contributed by atoms with Crippen LogP contribution in [0.2, 0.25) is 0 Å². The fourth-order valence-electron chi connectivity index (χ4n) is 2.01. The van der Waals surface area contributed by atoms with Gasteiger partial charge in [-0.2, -0.15) is 5.10 Å². The van der Waals surface area contributed by atoms with Gasteiger partial charge < -0.3 is 9.64 Å². The third kappa shape index (κ3) is 4.71. The van der Waals surface area contributed by atoms with Gasteiger partial charge in [-0.25, -0.2) is 5.43 Å². The van der Waals surface area contributed by atoms with Gasteiger partial charge in [0.1, 0.15) is 12.4 Å². The summed E-state index contributed by atoms with van der Waals surface area (Å²) in [5, 5.41) is 4.00. The topological polar surface area (TPSA) is 53.9 Å². The summed E-state index contributed by atoms with van der Waals surface area (Å²) in [5.41, 5.74) is 4.95. The summed E-state index contributed by atoms with van der Waals surface area (Å²) in [6.07, 6.45) is 3.23. The van der Waals surface area contributed by atoms with Crippen molar-refractivity contribution < 1.29 is 9.53 Å². The Morgan fingerprint density at radius 3 is 2.58 bits per heavy atom. The lowest BCUT2D eigenvalue weighted by Gasteiger charge is -2.11. The van der Waals surface area contributed by atoms with E-state index in [1.165, 1.54) is 0 Å². The predicted molar refractivity (Wildman–Crippen MR) is 98.0 cm³/mol. The fourth-order valence-corrected chi connectivity index (χ4v) is 2.01. The number of hydrogen-bond donors (Lipinski definition) is 1. The smallest absolute Gasteiger partial charge is 0.275 e. The van der Waals surface area contributed by atoms with E-state index in [-0.39, 0.29) is 5.91 Å². The first-order valence-electron chi connectivity index (χ1n) is 7.55. The van der Waals surface area contributed by atoms with Gasteiger partial charge in [0.15, 0.2) is 0 Å². The number of benzene rings is 2. The Balaban J connectivity index is 2.01. The summed E-state index contributed by atoms with van der Waals surface area (Å²) >= 11 is 0. The molecule has 0 saturated heterocycles. The highest BCUT2D eigenvalue weighted by atomic mass is 16.5. The highest BCUT2D eigenvalue weighted by Gasteiger charge is 2.10.